The molecule has 1 aromatic heterocycles. The van der Waals surface area contributed by atoms with Crippen molar-refractivity contribution in [1.82, 2.24) is 15.3 Å². The Hall–Kier alpha value is -4.15. The summed E-state index contributed by atoms with van der Waals surface area (Å²) in [6.07, 6.45) is -3.96. The molecule has 8 nitrogen and oxygen atoms in total. The molecule has 0 aliphatic heterocycles. The van der Waals surface area contributed by atoms with Gasteiger partial charge in [0, 0.05) is 43.1 Å². The molecule has 3 rings (SSSR count). The van der Waals surface area contributed by atoms with Gasteiger partial charge in [-0.1, -0.05) is 18.2 Å². The molecule has 0 unspecified atom stereocenters. The number of nitrogens with one attached hydrogen (secondary N) is 4. The van der Waals surface area contributed by atoms with Crippen LogP contribution in [0.15, 0.2) is 60.8 Å². The first-order valence-electron chi connectivity index (χ1n) is 9.88. The number of benzene rings is 2. The van der Waals surface area contributed by atoms with Gasteiger partial charge in [0.05, 0.1) is 0 Å². The second-order valence-corrected chi connectivity index (χ2v) is 6.89. The molecule has 1 heterocycles. The van der Waals surface area contributed by atoms with Crippen LogP contribution in [0, 0.1) is 0 Å². The normalized spacial score (nSPS) is 10.9. The summed E-state index contributed by atoms with van der Waals surface area (Å²) in [5, 5.41) is 10.6. The van der Waals surface area contributed by atoms with Crippen molar-refractivity contribution < 1.29 is 22.8 Å². The van der Waals surface area contributed by atoms with Gasteiger partial charge in [-0.15, -0.1) is 0 Å². The van der Waals surface area contributed by atoms with Crippen LogP contribution < -0.4 is 21.3 Å². The molecule has 0 fully saturated rings. The SMILES string of the molecule is CC(=O)NCCNc1nc(Nc2ccc(NC(=O)c3ccccc3)cc2)ncc1C(F)(F)F. The number of nitrogens with zero attached hydrogens (tertiary/aromatic N) is 2. The number of rotatable bonds is 8. The Bertz CT molecular complexity index is 1110. The quantitative estimate of drug-likeness (QED) is 0.380. The van der Waals surface area contributed by atoms with E-state index in [-0.39, 0.29) is 30.9 Å². The molecule has 0 bridgehead atoms. The molecule has 0 aliphatic rings. The minimum Gasteiger partial charge on any atom is -0.368 e. The van der Waals surface area contributed by atoms with Crippen molar-refractivity contribution in [2.45, 2.75) is 13.1 Å². The third-order valence-electron chi connectivity index (χ3n) is 4.32. The zero-order chi connectivity index (χ0) is 23.8. The van der Waals surface area contributed by atoms with Gasteiger partial charge in [-0.2, -0.15) is 18.2 Å². The third-order valence-corrected chi connectivity index (χ3v) is 4.32. The van der Waals surface area contributed by atoms with Crippen molar-refractivity contribution in [3.63, 3.8) is 0 Å². The number of amides is 2. The van der Waals surface area contributed by atoms with Gasteiger partial charge in [-0.3, -0.25) is 9.59 Å². The lowest BCUT2D eigenvalue weighted by molar-refractivity contribution is -0.137. The maximum absolute atomic E-state index is 13.3. The van der Waals surface area contributed by atoms with Crippen molar-refractivity contribution in [1.29, 1.82) is 0 Å². The highest BCUT2D eigenvalue weighted by atomic mass is 19.4. The Morgan fingerprint density at radius 2 is 1.61 bits per heavy atom. The van der Waals surface area contributed by atoms with E-state index in [0.717, 1.165) is 0 Å². The standard InChI is InChI=1S/C22H21F3N6O2/c1-14(32)26-11-12-27-19-18(22(23,24)25)13-28-21(31-19)30-17-9-7-16(8-10-17)29-20(33)15-5-3-2-4-6-15/h2-10,13H,11-12H2,1H3,(H,26,32)(H,29,33)(H2,27,28,30,31). The average molecular weight is 458 g/mol. The molecule has 0 saturated heterocycles. The van der Waals surface area contributed by atoms with Crippen molar-refractivity contribution in [3.05, 3.63) is 71.9 Å². The summed E-state index contributed by atoms with van der Waals surface area (Å²) in [6, 6.07) is 15.2. The van der Waals surface area contributed by atoms with E-state index < -0.39 is 17.6 Å². The minimum absolute atomic E-state index is 0.0499. The van der Waals surface area contributed by atoms with Gasteiger partial charge in [-0.25, -0.2) is 4.98 Å². The molecule has 0 saturated carbocycles. The smallest absolute Gasteiger partial charge is 0.368 e. The number of carbonyl (C=O) groups excluding carboxylic acids is 2. The Balaban J connectivity index is 1.68. The Labute approximate surface area is 187 Å². The molecule has 11 heteroatoms. The Kier molecular flexibility index (Phi) is 7.44. The molecule has 3 aromatic rings. The number of alkyl halides is 3. The van der Waals surface area contributed by atoms with E-state index in [9.17, 15) is 22.8 Å². The van der Waals surface area contributed by atoms with E-state index in [1.165, 1.54) is 6.92 Å². The Morgan fingerprint density at radius 1 is 0.939 bits per heavy atom. The van der Waals surface area contributed by atoms with E-state index in [4.69, 9.17) is 0 Å². The fraction of sp³-hybridized carbons (Fsp3) is 0.182. The van der Waals surface area contributed by atoms with Gasteiger partial charge in [0.15, 0.2) is 0 Å². The van der Waals surface area contributed by atoms with E-state index in [1.807, 2.05) is 6.07 Å². The lowest BCUT2D eigenvalue weighted by Crippen LogP contribution is -2.27. The van der Waals surface area contributed by atoms with Crippen molar-refractivity contribution in [2.75, 3.05) is 29.0 Å². The maximum atomic E-state index is 13.3. The summed E-state index contributed by atoms with van der Waals surface area (Å²) in [5.74, 6) is -1.01. The minimum atomic E-state index is -4.65. The summed E-state index contributed by atoms with van der Waals surface area (Å²) < 4.78 is 39.8. The predicted molar refractivity (Wildman–Crippen MR) is 118 cm³/mol. The summed E-state index contributed by atoms with van der Waals surface area (Å²) in [6.45, 7) is 1.50. The molecule has 4 N–H and O–H groups in total. The molecule has 0 spiro atoms. The summed E-state index contributed by atoms with van der Waals surface area (Å²) in [4.78, 5) is 30.8. The monoisotopic (exact) mass is 458 g/mol. The van der Waals surface area contributed by atoms with Crippen molar-refractivity contribution >= 4 is 35.0 Å². The van der Waals surface area contributed by atoms with Crippen LogP contribution in [0.1, 0.15) is 22.8 Å². The first-order valence-corrected chi connectivity index (χ1v) is 9.88. The van der Waals surface area contributed by atoms with Crippen LogP contribution in [0.25, 0.3) is 0 Å². The van der Waals surface area contributed by atoms with Crippen LogP contribution in [0.3, 0.4) is 0 Å². The fourth-order valence-electron chi connectivity index (χ4n) is 2.76. The van der Waals surface area contributed by atoms with Crippen LogP contribution in [-0.2, 0) is 11.0 Å². The van der Waals surface area contributed by atoms with Crippen LogP contribution in [0.2, 0.25) is 0 Å². The molecule has 2 amide bonds. The fourth-order valence-corrected chi connectivity index (χ4v) is 2.76. The van der Waals surface area contributed by atoms with Crippen molar-refractivity contribution in [3.8, 4) is 0 Å². The number of hydrogen-bond acceptors (Lipinski definition) is 6. The molecule has 172 valence electrons. The summed E-state index contributed by atoms with van der Waals surface area (Å²) in [5.41, 5.74) is 0.547. The second-order valence-electron chi connectivity index (χ2n) is 6.89. The number of carbonyl (C=O) groups is 2. The summed E-state index contributed by atoms with van der Waals surface area (Å²) >= 11 is 0. The zero-order valence-electron chi connectivity index (χ0n) is 17.5. The first kappa shape index (κ1) is 23.5. The van der Waals surface area contributed by atoms with E-state index in [0.29, 0.717) is 23.1 Å². The van der Waals surface area contributed by atoms with Gasteiger partial charge in [0.25, 0.3) is 5.91 Å². The first-order chi connectivity index (χ1) is 15.7. The average Bonchev–Trinajstić information content (AvgIpc) is 2.78. The molecule has 0 radical (unpaired) electrons. The van der Waals surface area contributed by atoms with Crippen LogP contribution in [0.5, 0.6) is 0 Å². The van der Waals surface area contributed by atoms with Crippen molar-refractivity contribution in [2.24, 2.45) is 0 Å². The topological polar surface area (TPSA) is 108 Å². The van der Waals surface area contributed by atoms with Gasteiger partial charge < -0.3 is 21.3 Å². The number of halogens is 3. The summed E-state index contributed by atoms with van der Waals surface area (Å²) in [7, 11) is 0. The Morgan fingerprint density at radius 3 is 2.24 bits per heavy atom. The van der Waals surface area contributed by atoms with Crippen LogP contribution in [-0.4, -0.2) is 34.9 Å². The number of hydrogen-bond donors (Lipinski definition) is 4. The zero-order valence-corrected chi connectivity index (χ0v) is 17.5. The molecule has 33 heavy (non-hydrogen) atoms. The van der Waals surface area contributed by atoms with Crippen LogP contribution >= 0.6 is 0 Å². The van der Waals surface area contributed by atoms with E-state index in [2.05, 4.69) is 31.2 Å². The molecule has 0 atom stereocenters. The molecular weight excluding hydrogens is 437 g/mol. The van der Waals surface area contributed by atoms with Crippen LogP contribution in [0.4, 0.5) is 36.3 Å². The van der Waals surface area contributed by atoms with E-state index >= 15 is 0 Å². The van der Waals surface area contributed by atoms with Gasteiger partial charge >= 0.3 is 6.18 Å². The number of aromatic nitrogens is 2. The highest BCUT2D eigenvalue weighted by Gasteiger charge is 2.35. The maximum Gasteiger partial charge on any atom is 0.421 e. The second kappa shape index (κ2) is 10.4. The lowest BCUT2D eigenvalue weighted by Gasteiger charge is -2.15. The highest BCUT2D eigenvalue weighted by Crippen LogP contribution is 2.34. The molecular formula is C22H21F3N6O2. The largest absolute Gasteiger partial charge is 0.421 e. The lowest BCUT2D eigenvalue weighted by atomic mass is 10.2. The highest BCUT2D eigenvalue weighted by molar-refractivity contribution is 6.04. The van der Waals surface area contributed by atoms with Gasteiger partial charge in [0.1, 0.15) is 11.4 Å². The molecule has 2 aromatic carbocycles. The molecule has 0 aliphatic carbocycles. The van der Waals surface area contributed by atoms with Gasteiger partial charge in [-0.05, 0) is 36.4 Å². The predicted octanol–water partition coefficient (Wildman–Crippen LogP) is 4.04. The third kappa shape index (κ3) is 6.92. The number of anilines is 4. The van der Waals surface area contributed by atoms with E-state index in [1.54, 1.807) is 48.5 Å². The van der Waals surface area contributed by atoms with Gasteiger partial charge in [0.2, 0.25) is 11.9 Å².